The van der Waals surface area contributed by atoms with Crippen molar-refractivity contribution in [2.45, 2.75) is 11.8 Å². The Morgan fingerprint density at radius 2 is 2.10 bits per heavy atom. The van der Waals surface area contributed by atoms with Crippen molar-refractivity contribution in [3.63, 3.8) is 0 Å². The van der Waals surface area contributed by atoms with Gasteiger partial charge in [-0.2, -0.15) is 0 Å². The molecule has 53 valence electrons. The van der Waals surface area contributed by atoms with Crippen LogP contribution in [0.1, 0.15) is 5.56 Å². The molecule has 2 nitrogen and oxygen atoms in total. The molecule has 0 spiro atoms. The Bertz CT molecular complexity index is 277. The molecule has 1 aromatic carbocycles. The molecular formula is C7H7O2S. The van der Waals surface area contributed by atoms with Crippen LogP contribution in [0.2, 0.25) is 0 Å². The Hall–Kier alpha value is -0.830. The van der Waals surface area contributed by atoms with Crippen molar-refractivity contribution >= 4 is 10.7 Å². The average Bonchev–Trinajstić information content (AvgIpc) is 1.88. The molecule has 0 aliphatic heterocycles. The number of hydrogen-bond acceptors (Lipinski definition) is 2. The minimum absolute atomic E-state index is 0.320. The second-order valence-electron chi connectivity index (χ2n) is 1.99. The van der Waals surface area contributed by atoms with Gasteiger partial charge in [0.1, 0.15) is 0 Å². The Morgan fingerprint density at radius 1 is 1.40 bits per heavy atom. The van der Waals surface area contributed by atoms with Crippen molar-refractivity contribution in [3.8, 4) is 0 Å². The summed E-state index contributed by atoms with van der Waals surface area (Å²) in [5.74, 6) is 0. The van der Waals surface area contributed by atoms with Gasteiger partial charge in [-0.1, -0.05) is 6.07 Å². The Kier molecular flexibility index (Phi) is 2.06. The number of rotatable bonds is 1. The first-order valence-electron chi connectivity index (χ1n) is 2.83. The third-order valence-electron chi connectivity index (χ3n) is 1.16. The number of thiol groups is 1. The highest BCUT2D eigenvalue weighted by Crippen LogP contribution is 2.02. The number of hydrogen-bond donors (Lipinski definition) is 1. The summed E-state index contributed by atoms with van der Waals surface area (Å²) >= 11 is 0. The van der Waals surface area contributed by atoms with Gasteiger partial charge in [0, 0.05) is 0 Å². The van der Waals surface area contributed by atoms with E-state index < -0.39 is 10.7 Å². The molecule has 0 aromatic heterocycles. The lowest BCUT2D eigenvalue weighted by molar-refractivity contribution is 0.614. The van der Waals surface area contributed by atoms with E-state index in [2.05, 4.69) is 6.07 Å². The molecule has 3 heteroatoms. The predicted molar refractivity (Wildman–Crippen MR) is 38.6 cm³/mol. The zero-order chi connectivity index (χ0) is 7.56. The van der Waals surface area contributed by atoms with Crippen molar-refractivity contribution in [1.29, 1.82) is 0 Å². The topological polar surface area (TPSA) is 34.1 Å². The van der Waals surface area contributed by atoms with E-state index in [1.807, 2.05) is 6.92 Å². The smallest absolute Gasteiger partial charge is 0.168 e. The highest BCUT2D eigenvalue weighted by atomic mass is 32.2. The Labute approximate surface area is 61.5 Å². The number of aryl methyl sites for hydroxylation is 1. The van der Waals surface area contributed by atoms with E-state index in [0.717, 1.165) is 5.56 Å². The summed E-state index contributed by atoms with van der Waals surface area (Å²) < 4.78 is 20.7. The molecule has 10 heavy (non-hydrogen) atoms. The monoisotopic (exact) mass is 155 g/mol. The highest BCUT2D eigenvalue weighted by molar-refractivity contribution is 7.72. The van der Waals surface area contributed by atoms with E-state index >= 15 is 0 Å². The van der Waals surface area contributed by atoms with E-state index in [9.17, 15) is 8.42 Å². The second kappa shape index (κ2) is 2.84. The summed E-state index contributed by atoms with van der Waals surface area (Å²) in [6, 6.07) is 7.56. The van der Waals surface area contributed by atoms with Crippen LogP contribution in [-0.2, 0) is 10.7 Å². The van der Waals surface area contributed by atoms with Crippen LogP contribution in [-0.4, -0.2) is 8.42 Å². The summed E-state index contributed by atoms with van der Waals surface area (Å²) in [4.78, 5) is 0.320. The fraction of sp³-hybridized carbons (Fsp3) is 0.143. The number of benzene rings is 1. The lowest BCUT2D eigenvalue weighted by Crippen LogP contribution is -1.79. The quantitative estimate of drug-likeness (QED) is 0.608. The lowest BCUT2D eigenvalue weighted by atomic mass is 10.2. The molecule has 0 N–H and O–H groups in total. The van der Waals surface area contributed by atoms with Gasteiger partial charge in [0.2, 0.25) is 0 Å². The fourth-order valence-electron chi connectivity index (χ4n) is 0.608. The van der Waals surface area contributed by atoms with Crippen LogP contribution < -0.4 is 0 Å². The maximum Gasteiger partial charge on any atom is 0.168 e. The van der Waals surface area contributed by atoms with Crippen LogP contribution >= 0.6 is 0 Å². The standard InChI is InChI=1S/C7H7O2S/c1-6-2-4-7(5-3-6)10(8)9/h2,4-5,10H,1H3. The van der Waals surface area contributed by atoms with Gasteiger partial charge in [0.15, 0.2) is 10.7 Å². The van der Waals surface area contributed by atoms with E-state index in [1.165, 1.54) is 6.07 Å². The van der Waals surface area contributed by atoms with Crippen LogP contribution in [0.5, 0.6) is 0 Å². The zero-order valence-corrected chi connectivity index (χ0v) is 6.39. The normalized spacial score (nSPS) is 10.2. The lowest BCUT2D eigenvalue weighted by Gasteiger charge is -1.89. The van der Waals surface area contributed by atoms with Crippen LogP contribution in [0.4, 0.5) is 0 Å². The first kappa shape index (κ1) is 7.28. The molecule has 0 bridgehead atoms. The van der Waals surface area contributed by atoms with Crippen LogP contribution in [0.15, 0.2) is 23.1 Å². The maximum atomic E-state index is 10.3. The first-order chi connectivity index (χ1) is 4.70. The molecule has 1 rings (SSSR count). The van der Waals surface area contributed by atoms with Crippen molar-refractivity contribution in [2.24, 2.45) is 0 Å². The van der Waals surface area contributed by atoms with Gasteiger partial charge in [-0.25, -0.2) is 8.42 Å². The molecule has 0 aliphatic rings. The SMILES string of the molecule is Cc1[c]cc([SH](=O)=O)cc1. The zero-order valence-electron chi connectivity index (χ0n) is 5.50. The molecule has 0 aliphatic carbocycles. The Balaban J connectivity index is 3.12. The van der Waals surface area contributed by atoms with Gasteiger partial charge < -0.3 is 0 Å². The van der Waals surface area contributed by atoms with Gasteiger partial charge in [-0.3, -0.25) is 0 Å². The summed E-state index contributed by atoms with van der Waals surface area (Å²) in [7, 11) is -2.44. The molecule has 0 amide bonds. The molecule has 0 saturated carbocycles. The van der Waals surface area contributed by atoms with Gasteiger partial charge in [0.25, 0.3) is 0 Å². The minimum Gasteiger partial charge on any atom is -0.227 e. The molecule has 0 heterocycles. The first-order valence-corrected chi connectivity index (χ1v) is 4.00. The maximum absolute atomic E-state index is 10.3. The summed E-state index contributed by atoms with van der Waals surface area (Å²) in [5, 5.41) is 0. The summed E-state index contributed by atoms with van der Waals surface area (Å²) in [5.41, 5.74) is 0.945. The molecule has 0 unspecified atom stereocenters. The molecule has 0 fully saturated rings. The molecule has 0 saturated heterocycles. The van der Waals surface area contributed by atoms with E-state index in [4.69, 9.17) is 0 Å². The third-order valence-corrected chi connectivity index (χ3v) is 1.86. The third kappa shape index (κ3) is 1.57. The second-order valence-corrected chi connectivity index (χ2v) is 3.02. The van der Waals surface area contributed by atoms with E-state index in [0.29, 0.717) is 4.90 Å². The summed E-state index contributed by atoms with van der Waals surface area (Å²) in [6.45, 7) is 1.86. The minimum atomic E-state index is -2.44. The highest BCUT2D eigenvalue weighted by Gasteiger charge is 1.91. The van der Waals surface area contributed by atoms with Crippen LogP contribution in [0.25, 0.3) is 0 Å². The van der Waals surface area contributed by atoms with Crippen LogP contribution in [0.3, 0.4) is 0 Å². The van der Waals surface area contributed by atoms with Crippen molar-refractivity contribution < 1.29 is 8.42 Å². The van der Waals surface area contributed by atoms with E-state index in [-0.39, 0.29) is 0 Å². The van der Waals surface area contributed by atoms with Gasteiger partial charge in [0.05, 0.1) is 4.90 Å². The van der Waals surface area contributed by atoms with Gasteiger partial charge >= 0.3 is 0 Å². The predicted octanol–water partition coefficient (Wildman–Crippen LogP) is 0.766. The molecule has 1 aromatic rings. The molecular weight excluding hydrogens is 148 g/mol. The fourth-order valence-corrected chi connectivity index (χ4v) is 0.974. The average molecular weight is 155 g/mol. The van der Waals surface area contributed by atoms with Crippen molar-refractivity contribution in [3.05, 3.63) is 29.8 Å². The van der Waals surface area contributed by atoms with Crippen molar-refractivity contribution in [2.75, 3.05) is 0 Å². The van der Waals surface area contributed by atoms with Crippen LogP contribution in [0, 0.1) is 13.0 Å². The van der Waals surface area contributed by atoms with Crippen molar-refractivity contribution in [1.82, 2.24) is 0 Å². The molecule has 0 atom stereocenters. The molecule has 1 radical (unpaired) electrons. The summed E-state index contributed by atoms with van der Waals surface area (Å²) in [6.07, 6.45) is 0. The largest absolute Gasteiger partial charge is 0.227 e. The Morgan fingerprint density at radius 3 is 2.50 bits per heavy atom. The van der Waals surface area contributed by atoms with E-state index in [1.54, 1.807) is 12.1 Å². The van der Waals surface area contributed by atoms with Gasteiger partial charge in [-0.15, -0.1) is 0 Å². The van der Waals surface area contributed by atoms with Gasteiger partial charge in [-0.05, 0) is 30.7 Å².